The molecule has 3 heterocycles. The van der Waals surface area contributed by atoms with Gasteiger partial charge in [-0.25, -0.2) is 14.4 Å². The first kappa shape index (κ1) is 42.2. The third-order valence-corrected chi connectivity index (χ3v) is 6.60. The molecule has 5 rings (SSSR count). The lowest BCUT2D eigenvalue weighted by Crippen LogP contribution is -2.46. The standard InChI is InChI=1S/C24H25N5O2.3C2HF3O2/c1-30-20-12-19(13-21(14-20)31-2)28-7-9-29(10-8-28)24-5-6-25-23-4-3-17(11-22(23)24)18-15-26-27-16-18;3*3-2(4,5)1(6)7/h3-6,11-16H,7-10H2,1-2H3,(H,26,27);3*(H,6,7). The summed E-state index contributed by atoms with van der Waals surface area (Å²) in [7, 11) is 3.37. The lowest BCUT2D eigenvalue weighted by atomic mass is 10.0. The Labute approximate surface area is 286 Å². The molecule has 0 bridgehead atoms. The number of aromatic amines is 1. The number of alkyl halides is 9. The number of piperazine rings is 1. The van der Waals surface area contributed by atoms with Gasteiger partial charge < -0.3 is 34.6 Å². The number of aliphatic carboxylic acids is 3. The number of nitrogens with zero attached hydrogens (tertiary/aromatic N) is 4. The van der Waals surface area contributed by atoms with Crippen molar-refractivity contribution in [1.82, 2.24) is 15.2 Å². The molecule has 0 radical (unpaired) electrons. The molecule has 0 atom stereocenters. The van der Waals surface area contributed by atoms with Crippen LogP contribution < -0.4 is 19.3 Å². The zero-order chi connectivity index (χ0) is 39.4. The molecule has 13 nitrogen and oxygen atoms in total. The van der Waals surface area contributed by atoms with Crippen molar-refractivity contribution in [2.24, 2.45) is 0 Å². The van der Waals surface area contributed by atoms with E-state index in [0.717, 1.165) is 65.4 Å². The zero-order valence-corrected chi connectivity index (χ0v) is 26.7. The summed E-state index contributed by atoms with van der Waals surface area (Å²) in [6.07, 6.45) is -9.59. The average molecular weight is 758 g/mol. The van der Waals surface area contributed by atoms with Crippen molar-refractivity contribution >= 4 is 40.2 Å². The number of nitrogens with one attached hydrogen (secondary N) is 1. The van der Waals surface area contributed by atoms with Crippen LogP contribution in [0.25, 0.3) is 22.0 Å². The lowest BCUT2D eigenvalue weighted by molar-refractivity contribution is -0.193. The van der Waals surface area contributed by atoms with Gasteiger partial charge in [-0.1, -0.05) is 6.07 Å². The molecule has 1 fully saturated rings. The van der Waals surface area contributed by atoms with E-state index in [2.05, 4.69) is 61.4 Å². The van der Waals surface area contributed by atoms with Crippen LogP contribution in [-0.2, 0) is 14.4 Å². The quantitative estimate of drug-likeness (QED) is 0.178. The summed E-state index contributed by atoms with van der Waals surface area (Å²) in [5.74, 6) is -6.65. The Bertz CT molecular complexity index is 1710. The van der Waals surface area contributed by atoms with Crippen molar-refractivity contribution < 1.29 is 78.7 Å². The number of pyridine rings is 1. The highest BCUT2D eigenvalue weighted by atomic mass is 19.4. The van der Waals surface area contributed by atoms with Gasteiger partial charge >= 0.3 is 36.4 Å². The van der Waals surface area contributed by atoms with Crippen molar-refractivity contribution in [1.29, 1.82) is 0 Å². The summed E-state index contributed by atoms with van der Waals surface area (Å²) in [5.41, 5.74) is 5.56. The molecule has 0 spiro atoms. The van der Waals surface area contributed by atoms with Crippen molar-refractivity contribution in [3.63, 3.8) is 0 Å². The van der Waals surface area contributed by atoms with Gasteiger partial charge in [-0.2, -0.15) is 44.6 Å². The smallest absolute Gasteiger partial charge is 0.490 e. The number of carboxylic acid groups (broad SMARTS) is 3. The van der Waals surface area contributed by atoms with Crippen LogP contribution in [0.3, 0.4) is 0 Å². The van der Waals surface area contributed by atoms with E-state index in [1.165, 1.54) is 5.69 Å². The fourth-order valence-corrected chi connectivity index (χ4v) is 4.18. The summed E-state index contributed by atoms with van der Waals surface area (Å²) < 4.78 is 106. The molecule has 0 saturated carbocycles. The molecule has 1 aliphatic heterocycles. The van der Waals surface area contributed by atoms with Crippen LogP contribution in [0.2, 0.25) is 0 Å². The molecule has 52 heavy (non-hydrogen) atoms. The Morgan fingerprint density at radius 3 is 1.56 bits per heavy atom. The largest absolute Gasteiger partial charge is 0.497 e. The topological polar surface area (TPSA) is 178 Å². The summed E-state index contributed by atoms with van der Waals surface area (Å²) in [5, 5.41) is 29.5. The molecule has 0 unspecified atom stereocenters. The number of hydrogen-bond donors (Lipinski definition) is 4. The molecular formula is C30H28F9N5O8. The van der Waals surface area contributed by atoms with Gasteiger partial charge in [0.2, 0.25) is 0 Å². The fourth-order valence-electron chi connectivity index (χ4n) is 4.18. The average Bonchev–Trinajstić information content (AvgIpc) is 3.62. The fraction of sp³-hybridized carbons (Fsp3) is 0.300. The molecule has 284 valence electrons. The monoisotopic (exact) mass is 757 g/mol. The highest BCUT2D eigenvalue weighted by Gasteiger charge is 2.39. The summed E-state index contributed by atoms with van der Waals surface area (Å²) in [6.45, 7) is 3.69. The minimum absolute atomic E-state index is 0.809. The second-order valence-electron chi connectivity index (χ2n) is 10.0. The van der Waals surface area contributed by atoms with Gasteiger partial charge in [0.15, 0.2) is 0 Å². The number of H-pyrrole nitrogens is 1. The molecule has 0 amide bonds. The van der Waals surface area contributed by atoms with Crippen molar-refractivity contribution in [2.75, 3.05) is 50.2 Å². The lowest BCUT2D eigenvalue weighted by Gasteiger charge is -2.38. The molecule has 0 aliphatic carbocycles. The number of rotatable bonds is 5. The summed E-state index contributed by atoms with van der Waals surface area (Å²) in [4.78, 5) is 36.1. The number of benzene rings is 2. The number of carbonyl (C=O) groups is 3. The predicted molar refractivity (Wildman–Crippen MR) is 164 cm³/mol. The third-order valence-electron chi connectivity index (χ3n) is 6.60. The van der Waals surface area contributed by atoms with Crippen LogP contribution in [0, 0.1) is 0 Å². The van der Waals surface area contributed by atoms with Gasteiger partial charge in [-0.15, -0.1) is 0 Å². The van der Waals surface area contributed by atoms with Crippen molar-refractivity contribution in [2.45, 2.75) is 18.5 Å². The Morgan fingerprint density at radius 2 is 1.15 bits per heavy atom. The van der Waals surface area contributed by atoms with E-state index in [0.29, 0.717) is 0 Å². The van der Waals surface area contributed by atoms with Crippen LogP contribution in [0.1, 0.15) is 0 Å². The Balaban J connectivity index is 0.000000365. The van der Waals surface area contributed by atoms with Crippen LogP contribution in [0.15, 0.2) is 61.1 Å². The molecule has 4 aromatic rings. The van der Waals surface area contributed by atoms with Crippen LogP contribution in [0.5, 0.6) is 11.5 Å². The SMILES string of the molecule is COc1cc(OC)cc(N2CCN(c3ccnc4ccc(-c5cn[nH]c5)cc34)CC2)c1.O=C(O)C(F)(F)F.O=C(O)C(F)(F)F.O=C(O)C(F)(F)F. The van der Waals surface area contributed by atoms with E-state index < -0.39 is 36.4 Å². The van der Waals surface area contributed by atoms with E-state index in [1.54, 1.807) is 14.2 Å². The summed E-state index contributed by atoms with van der Waals surface area (Å²) >= 11 is 0. The van der Waals surface area contributed by atoms with Crippen molar-refractivity contribution in [3.8, 4) is 22.6 Å². The van der Waals surface area contributed by atoms with Gasteiger partial charge in [0.1, 0.15) is 11.5 Å². The molecular weight excluding hydrogens is 729 g/mol. The second-order valence-corrected chi connectivity index (χ2v) is 10.0. The third kappa shape index (κ3) is 12.7. The number of aromatic nitrogens is 3. The molecule has 2 aromatic heterocycles. The van der Waals surface area contributed by atoms with E-state index >= 15 is 0 Å². The van der Waals surface area contributed by atoms with Crippen LogP contribution in [-0.4, -0.2) is 107 Å². The molecule has 1 saturated heterocycles. The second kappa shape index (κ2) is 17.8. The Hall–Kier alpha value is -5.96. The molecule has 4 N–H and O–H groups in total. The summed E-state index contributed by atoms with van der Waals surface area (Å²) in [6, 6.07) is 14.5. The maximum absolute atomic E-state index is 10.6. The zero-order valence-electron chi connectivity index (χ0n) is 26.7. The Morgan fingerprint density at radius 1 is 0.692 bits per heavy atom. The van der Waals surface area contributed by atoms with Crippen molar-refractivity contribution in [3.05, 3.63) is 61.1 Å². The van der Waals surface area contributed by atoms with Gasteiger partial charge in [0.25, 0.3) is 0 Å². The van der Waals surface area contributed by atoms with E-state index in [9.17, 15) is 39.5 Å². The van der Waals surface area contributed by atoms with E-state index in [4.69, 9.17) is 39.2 Å². The highest BCUT2D eigenvalue weighted by molar-refractivity contribution is 5.94. The van der Waals surface area contributed by atoms with Gasteiger partial charge in [0, 0.05) is 79.1 Å². The van der Waals surface area contributed by atoms with Crippen LogP contribution >= 0.6 is 0 Å². The number of ether oxygens (including phenoxy) is 2. The highest BCUT2D eigenvalue weighted by Crippen LogP contribution is 2.33. The first-order valence-corrected chi connectivity index (χ1v) is 14.1. The van der Waals surface area contributed by atoms with E-state index in [1.807, 2.05) is 24.7 Å². The normalized spacial score (nSPS) is 13.0. The number of anilines is 2. The maximum atomic E-state index is 10.6. The predicted octanol–water partition coefficient (Wildman–Crippen LogP) is 5.87. The molecule has 22 heteroatoms. The number of fused-ring (bicyclic) bond motifs is 1. The Kier molecular flexibility index (Phi) is 14.5. The first-order valence-electron chi connectivity index (χ1n) is 14.1. The minimum Gasteiger partial charge on any atom is -0.497 e. The number of carboxylic acids is 3. The first-order chi connectivity index (χ1) is 24.1. The molecule has 2 aromatic carbocycles. The number of hydrogen-bond acceptors (Lipinski definition) is 9. The number of halogens is 9. The van der Waals surface area contributed by atoms with Gasteiger partial charge in [-0.3, -0.25) is 10.1 Å². The minimum atomic E-state index is -5.08. The molecule has 1 aliphatic rings. The van der Waals surface area contributed by atoms with E-state index in [-0.39, 0.29) is 0 Å². The van der Waals surface area contributed by atoms with Crippen LogP contribution in [0.4, 0.5) is 50.9 Å². The van der Waals surface area contributed by atoms with Gasteiger partial charge in [0.05, 0.1) is 25.9 Å². The maximum Gasteiger partial charge on any atom is 0.490 e. The van der Waals surface area contributed by atoms with Gasteiger partial charge in [-0.05, 0) is 23.8 Å². The number of methoxy groups -OCH3 is 2.